The molecule has 2 heterocycles. The Kier molecular flexibility index (Phi) is 3.48. The van der Waals surface area contributed by atoms with E-state index in [1.54, 1.807) is 4.88 Å². The highest BCUT2D eigenvalue weighted by Gasteiger charge is 2.24. The summed E-state index contributed by atoms with van der Waals surface area (Å²) in [6.45, 7) is 4.62. The monoisotopic (exact) mass is 250 g/mol. The van der Waals surface area contributed by atoms with E-state index in [9.17, 15) is 0 Å². The third-order valence-corrected chi connectivity index (χ3v) is 5.64. The Morgan fingerprint density at radius 2 is 2.00 bits per heavy atom. The number of piperidine rings is 1. The summed E-state index contributed by atoms with van der Waals surface area (Å²) in [5.41, 5.74) is 1.32. The van der Waals surface area contributed by atoms with E-state index < -0.39 is 0 Å². The number of hydrogen-bond donors (Lipinski definition) is 1. The number of thiazole rings is 1. The van der Waals surface area contributed by atoms with Crippen LogP contribution in [0.3, 0.4) is 0 Å². The van der Waals surface area contributed by atoms with Crippen molar-refractivity contribution in [2.75, 3.05) is 13.1 Å². The van der Waals surface area contributed by atoms with Crippen molar-refractivity contribution >= 4 is 11.3 Å². The summed E-state index contributed by atoms with van der Waals surface area (Å²) in [4.78, 5) is 6.37. The number of aryl methyl sites for hydroxylation is 1. The summed E-state index contributed by atoms with van der Waals surface area (Å²) in [5, 5.41) is 4.87. The van der Waals surface area contributed by atoms with E-state index in [1.807, 2.05) is 11.3 Å². The minimum absolute atomic E-state index is 0.806. The van der Waals surface area contributed by atoms with Crippen LogP contribution in [0.25, 0.3) is 0 Å². The van der Waals surface area contributed by atoms with Gasteiger partial charge in [0.1, 0.15) is 0 Å². The van der Waals surface area contributed by atoms with E-state index in [1.165, 1.54) is 62.3 Å². The van der Waals surface area contributed by atoms with Gasteiger partial charge in [0.05, 0.1) is 10.7 Å². The first-order chi connectivity index (χ1) is 8.33. The van der Waals surface area contributed by atoms with Gasteiger partial charge in [0, 0.05) is 10.8 Å². The van der Waals surface area contributed by atoms with Crippen molar-refractivity contribution < 1.29 is 0 Å². The summed E-state index contributed by atoms with van der Waals surface area (Å²) in [6, 6.07) is 0. The molecule has 3 heteroatoms. The molecule has 2 aliphatic rings. The quantitative estimate of drug-likeness (QED) is 0.890. The molecule has 1 aromatic rings. The minimum Gasteiger partial charge on any atom is -0.317 e. The zero-order valence-electron chi connectivity index (χ0n) is 10.7. The molecule has 1 N–H and O–H groups in total. The molecule has 0 unspecified atom stereocenters. The van der Waals surface area contributed by atoms with Gasteiger partial charge < -0.3 is 5.32 Å². The van der Waals surface area contributed by atoms with Gasteiger partial charge in [-0.15, -0.1) is 11.3 Å². The second-order valence-corrected chi connectivity index (χ2v) is 6.70. The highest BCUT2D eigenvalue weighted by Crippen LogP contribution is 2.39. The van der Waals surface area contributed by atoms with Crippen LogP contribution in [0.1, 0.15) is 53.6 Å². The van der Waals surface area contributed by atoms with Crippen molar-refractivity contribution in [2.45, 2.75) is 51.4 Å². The number of nitrogens with one attached hydrogen (secondary N) is 1. The molecule has 1 aliphatic heterocycles. The zero-order valence-corrected chi connectivity index (χ0v) is 11.5. The van der Waals surface area contributed by atoms with Gasteiger partial charge in [-0.1, -0.05) is 6.42 Å². The van der Waals surface area contributed by atoms with Gasteiger partial charge in [-0.3, -0.25) is 0 Å². The van der Waals surface area contributed by atoms with Gasteiger partial charge in [-0.2, -0.15) is 0 Å². The van der Waals surface area contributed by atoms with Crippen LogP contribution in [0, 0.1) is 12.8 Å². The standard InChI is InChI=1S/C14H22N2S/c1-10-13(9-11-5-7-15-8-6-11)17-14(16-10)12-3-2-4-12/h11-12,15H,2-9H2,1H3. The van der Waals surface area contributed by atoms with Crippen molar-refractivity contribution in [3.05, 3.63) is 15.6 Å². The molecule has 0 spiro atoms. The van der Waals surface area contributed by atoms with Crippen LogP contribution in [-0.2, 0) is 6.42 Å². The van der Waals surface area contributed by atoms with Gasteiger partial charge in [-0.05, 0) is 58.0 Å². The largest absolute Gasteiger partial charge is 0.317 e. The lowest BCUT2D eigenvalue weighted by molar-refractivity contribution is 0.374. The molecule has 0 amide bonds. The van der Waals surface area contributed by atoms with Crippen LogP contribution in [-0.4, -0.2) is 18.1 Å². The van der Waals surface area contributed by atoms with Crippen LogP contribution in [0.15, 0.2) is 0 Å². The van der Waals surface area contributed by atoms with E-state index >= 15 is 0 Å². The Morgan fingerprint density at radius 1 is 1.24 bits per heavy atom. The molecule has 2 fully saturated rings. The molecule has 0 aromatic carbocycles. The normalized spacial score (nSPS) is 22.6. The maximum absolute atomic E-state index is 4.80. The first kappa shape index (κ1) is 11.7. The fourth-order valence-electron chi connectivity index (χ4n) is 2.82. The van der Waals surface area contributed by atoms with E-state index in [0.29, 0.717) is 0 Å². The van der Waals surface area contributed by atoms with Crippen LogP contribution < -0.4 is 5.32 Å². The summed E-state index contributed by atoms with van der Waals surface area (Å²) < 4.78 is 0. The van der Waals surface area contributed by atoms with Gasteiger partial charge >= 0.3 is 0 Å². The van der Waals surface area contributed by atoms with Crippen molar-refractivity contribution in [1.82, 2.24) is 10.3 Å². The number of rotatable bonds is 3. The van der Waals surface area contributed by atoms with Crippen LogP contribution in [0.5, 0.6) is 0 Å². The average molecular weight is 250 g/mol. The molecule has 0 bridgehead atoms. The Labute approximate surface area is 108 Å². The molecule has 0 atom stereocenters. The lowest BCUT2D eigenvalue weighted by Gasteiger charge is -2.23. The van der Waals surface area contributed by atoms with Crippen LogP contribution >= 0.6 is 11.3 Å². The topological polar surface area (TPSA) is 24.9 Å². The maximum Gasteiger partial charge on any atom is 0.0961 e. The molecule has 1 saturated carbocycles. The lowest BCUT2D eigenvalue weighted by atomic mass is 9.86. The third-order valence-electron chi connectivity index (χ3n) is 4.30. The van der Waals surface area contributed by atoms with Crippen molar-refractivity contribution in [1.29, 1.82) is 0 Å². The smallest absolute Gasteiger partial charge is 0.0961 e. The molecule has 94 valence electrons. The molecule has 1 aromatic heterocycles. The molecule has 1 aliphatic carbocycles. The fraction of sp³-hybridized carbons (Fsp3) is 0.786. The number of aromatic nitrogens is 1. The van der Waals surface area contributed by atoms with Crippen LogP contribution in [0.4, 0.5) is 0 Å². The van der Waals surface area contributed by atoms with Crippen LogP contribution in [0.2, 0.25) is 0 Å². The van der Waals surface area contributed by atoms with E-state index in [-0.39, 0.29) is 0 Å². The summed E-state index contributed by atoms with van der Waals surface area (Å²) >= 11 is 2.01. The molecule has 17 heavy (non-hydrogen) atoms. The Hall–Kier alpha value is -0.410. The SMILES string of the molecule is Cc1nc(C2CCC2)sc1CC1CCNCC1. The summed E-state index contributed by atoms with van der Waals surface area (Å²) in [6.07, 6.45) is 8.12. The molecule has 0 radical (unpaired) electrons. The molecule has 3 rings (SSSR count). The van der Waals surface area contributed by atoms with E-state index in [0.717, 1.165) is 11.8 Å². The Balaban J connectivity index is 1.66. The van der Waals surface area contributed by atoms with E-state index in [4.69, 9.17) is 4.98 Å². The minimum atomic E-state index is 0.806. The van der Waals surface area contributed by atoms with Gasteiger partial charge in [0.15, 0.2) is 0 Å². The first-order valence-electron chi connectivity index (χ1n) is 7.00. The predicted octanol–water partition coefficient (Wildman–Crippen LogP) is 3.26. The zero-order chi connectivity index (χ0) is 11.7. The highest BCUT2D eigenvalue weighted by molar-refractivity contribution is 7.11. The number of hydrogen-bond acceptors (Lipinski definition) is 3. The second-order valence-electron chi connectivity index (χ2n) is 5.59. The third kappa shape index (κ3) is 2.55. The van der Waals surface area contributed by atoms with Gasteiger partial charge in [0.25, 0.3) is 0 Å². The second kappa shape index (κ2) is 5.07. The van der Waals surface area contributed by atoms with Crippen molar-refractivity contribution in [3.63, 3.8) is 0 Å². The fourth-order valence-corrected chi connectivity index (χ4v) is 4.17. The molecular formula is C14H22N2S. The Bertz CT molecular complexity index is 376. The van der Waals surface area contributed by atoms with Crippen molar-refractivity contribution in [3.8, 4) is 0 Å². The highest BCUT2D eigenvalue weighted by atomic mass is 32.1. The average Bonchev–Trinajstić information content (AvgIpc) is 2.59. The van der Waals surface area contributed by atoms with Crippen molar-refractivity contribution in [2.24, 2.45) is 5.92 Å². The molecular weight excluding hydrogens is 228 g/mol. The van der Waals surface area contributed by atoms with Gasteiger partial charge in [0.2, 0.25) is 0 Å². The van der Waals surface area contributed by atoms with Gasteiger partial charge in [-0.25, -0.2) is 4.98 Å². The Morgan fingerprint density at radius 3 is 2.65 bits per heavy atom. The molecule has 2 nitrogen and oxygen atoms in total. The summed E-state index contributed by atoms with van der Waals surface area (Å²) in [7, 11) is 0. The first-order valence-corrected chi connectivity index (χ1v) is 7.81. The summed E-state index contributed by atoms with van der Waals surface area (Å²) in [5.74, 6) is 1.70. The maximum atomic E-state index is 4.80. The molecule has 1 saturated heterocycles. The predicted molar refractivity (Wildman–Crippen MR) is 72.7 cm³/mol. The van der Waals surface area contributed by atoms with E-state index in [2.05, 4.69) is 12.2 Å². The number of nitrogens with zero attached hydrogens (tertiary/aromatic N) is 1. The lowest BCUT2D eigenvalue weighted by Crippen LogP contribution is -2.28.